The number of carbonyl (C=O) groups excluding carboxylic acids is 3. The van der Waals surface area contributed by atoms with Crippen molar-refractivity contribution >= 4 is 28.2 Å². The van der Waals surface area contributed by atoms with Crippen LogP contribution in [0.2, 0.25) is 0 Å². The quantitative estimate of drug-likeness (QED) is 0.234. The van der Waals surface area contributed by atoms with Gasteiger partial charge < -0.3 is 38.5 Å². The van der Waals surface area contributed by atoms with Crippen LogP contribution >= 0.6 is 0 Å². The number of methoxy groups -OCH3 is 1. The Balaban J connectivity index is 1.91. The minimum Gasteiger partial charge on any atom is -0.456 e. The van der Waals surface area contributed by atoms with Crippen LogP contribution < -0.4 is 0 Å². The van der Waals surface area contributed by atoms with Gasteiger partial charge in [-0.25, -0.2) is 4.79 Å². The second kappa shape index (κ2) is 11.0. The van der Waals surface area contributed by atoms with E-state index in [4.69, 9.17) is 23.4 Å². The lowest BCUT2D eigenvalue weighted by Gasteiger charge is -2.68. The average Bonchev–Trinajstić information content (AvgIpc) is 2.89. The van der Waals surface area contributed by atoms with Crippen molar-refractivity contribution < 1.29 is 48.0 Å². The van der Waals surface area contributed by atoms with Crippen molar-refractivity contribution in [1.82, 2.24) is 4.90 Å². The fraction of sp³-hybridized carbons (Fsp3) is 0.833. The van der Waals surface area contributed by atoms with Crippen LogP contribution in [0.25, 0.3) is 0 Å². The summed E-state index contributed by atoms with van der Waals surface area (Å²) in [4.78, 5) is 42.4. The van der Waals surface area contributed by atoms with Crippen molar-refractivity contribution in [3.8, 4) is 0 Å². The minimum atomic E-state index is -1.61. The molecule has 1 saturated heterocycles. The molecule has 4 rings (SSSR count). The number of rotatable bonds is 7. The second-order valence-corrected chi connectivity index (χ2v) is 14.2. The van der Waals surface area contributed by atoms with Crippen molar-refractivity contribution in [2.75, 3.05) is 27.8 Å². The Bertz CT molecular complexity index is 1160. The third-order valence-electron chi connectivity index (χ3n) is 11.4. The number of hydrogen-bond acceptors (Lipinski definition) is 11. The number of ether oxygens (including phenoxy) is 4. The monoisotopic (exact) mass is 611 g/mol. The lowest BCUT2D eigenvalue weighted by Crippen LogP contribution is -2.79. The number of aliphatic hydroxyl groups is 2. The third-order valence-corrected chi connectivity index (χ3v) is 12.0. The molecule has 4 aliphatic rings. The van der Waals surface area contributed by atoms with Gasteiger partial charge in [-0.1, -0.05) is 20.8 Å². The molecule has 1 heterocycles. The van der Waals surface area contributed by atoms with Crippen LogP contribution in [0.15, 0.2) is 11.1 Å². The van der Waals surface area contributed by atoms with Gasteiger partial charge in [-0.2, -0.15) is 0 Å². The molecule has 0 aromatic carbocycles. The summed E-state index contributed by atoms with van der Waals surface area (Å²) in [7, 11) is 5.43. The van der Waals surface area contributed by atoms with E-state index in [1.54, 1.807) is 13.8 Å². The van der Waals surface area contributed by atoms with Gasteiger partial charge in [0, 0.05) is 44.2 Å². The summed E-state index contributed by atoms with van der Waals surface area (Å²) >= 11 is 0. The van der Waals surface area contributed by atoms with E-state index in [0.717, 1.165) is 0 Å². The molecule has 2 saturated carbocycles. The smallest absolute Gasteiger partial charge is 0.337 e. The van der Waals surface area contributed by atoms with Crippen LogP contribution in [-0.2, 0) is 37.8 Å². The summed E-state index contributed by atoms with van der Waals surface area (Å²) in [5.74, 6) is -3.03. The minimum absolute atomic E-state index is 0.0105. The molecule has 3 aliphatic carbocycles. The first-order chi connectivity index (χ1) is 19.4. The van der Waals surface area contributed by atoms with Crippen LogP contribution in [-0.4, -0.2) is 119 Å². The average molecular weight is 612 g/mol. The van der Waals surface area contributed by atoms with Gasteiger partial charge in [0.15, 0.2) is 17.5 Å². The van der Waals surface area contributed by atoms with Gasteiger partial charge in [0.2, 0.25) is 0 Å². The third kappa shape index (κ3) is 4.47. The maximum atomic E-state index is 14.6. The highest BCUT2D eigenvalue weighted by molar-refractivity contribution is 5.99. The molecule has 0 spiro atoms. The van der Waals surface area contributed by atoms with E-state index in [-0.39, 0.29) is 19.1 Å². The summed E-state index contributed by atoms with van der Waals surface area (Å²) in [6.07, 6.45) is -4.25. The Morgan fingerprint density at radius 2 is 1.83 bits per heavy atom. The normalized spacial score (nSPS) is 42.5. The number of Topliss-reactive ketones (excluding diaryl/α,β-unsaturated/α-hetero) is 1. The molecule has 1 aliphatic heterocycles. The van der Waals surface area contributed by atoms with Gasteiger partial charge in [-0.15, -0.1) is 0 Å². The first kappa shape index (κ1) is 33.2. The van der Waals surface area contributed by atoms with E-state index >= 15 is 0 Å². The zero-order chi connectivity index (χ0) is 31.7. The number of esters is 2. The van der Waals surface area contributed by atoms with Crippen LogP contribution in [0.4, 0.5) is 0 Å². The van der Waals surface area contributed by atoms with Crippen molar-refractivity contribution in [3.63, 3.8) is 0 Å². The summed E-state index contributed by atoms with van der Waals surface area (Å²) in [6, 6.07) is -0.299. The molecule has 3 fully saturated rings. The van der Waals surface area contributed by atoms with Crippen LogP contribution in [0.3, 0.4) is 0 Å². The first-order valence-electron chi connectivity index (χ1n) is 14.8. The first-order valence-corrected chi connectivity index (χ1v) is 15.6. The lowest BCUT2D eigenvalue weighted by molar-refractivity contribution is -0.336. The van der Waals surface area contributed by atoms with E-state index in [0.29, 0.717) is 28.1 Å². The number of aliphatic hydroxyl groups excluding tert-OH is 1. The van der Waals surface area contributed by atoms with Crippen LogP contribution in [0.5, 0.6) is 0 Å². The number of hydrogen-bond donors (Lipinski definition) is 2. The van der Waals surface area contributed by atoms with Gasteiger partial charge in [-0.3, -0.25) is 9.59 Å². The van der Waals surface area contributed by atoms with Crippen molar-refractivity contribution in [2.24, 2.45) is 22.7 Å². The molecule has 0 aromatic heterocycles. The largest absolute Gasteiger partial charge is 0.456 e. The Labute approximate surface area is 251 Å². The molecule has 9 unspecified atom stereocenters. The van der Waals surface area contributed by atoms with Crippen molar-refractivity contribution in [2.45, 2.75) is 109 Å². The van der Waals surface area contributed by atoms with E-state index in [1.165, 1.54) is 14.0 Å². The van der Waals surface area contributed by atoms with Gasteiger partial charge in [0.25, 0.3) is 0 Å². The van der Waals surface area contributed by atoms with Crippen molar-refractivity contribution in [3.05, 3.63) is 11.1 Å². The summed E-state index contributed by atoms with van der Waals surface area (Å²) < 4.78 is 29.5. The van der Waals surface area contributed by atoms with E-state index in [1.807, 2.05) is 46.7 Å². The molecule has 2 bridgehead atoms. The lowest BCUT2D eigenvalue weighted by atomic mass is 9.42. The molecule has 238 valence electrons. The van der Waals surface area contributed by atoms with Crippen LogP contribution in [0.1, 0.15) is 61.3 Å². The molecule has 0 amide bonds. The highest BCUT2D eigenvalue weighted by Crippen LogP contribution is 2.65. The van der Waals surface area contributed by atoms with Crippen molar-refractivity contribution in [1.29, 1.82) is 0 Å². The topological polar surface area (TPSA) is 141 Å². The Morgan fingerprint density at radius 1 is 1.21 bits per heavy atom. The molecule has 2 N–H and O–H groups in total. The van der Waals surface area contributed by atoms with Gasteiger partial charge in [0.1, 0.15) is 28.8 Å². The zero-order valence-corrected chi connectivity index (χ0v) is 28.8. The Kier molecular flexibility index (Phi) is 8.74. The predicted octanol–water partition coefficient (Wildman–Crippen LogP) is 0.313. The molecular weight excluding hydrogens is 562 g/mol. The Hall–Kier alpha value is -1.67. The highest BCUT2D eigenvalue weighted by atomic mass is 28.2. The molecule has 12 heteroatoms. The molecule has 11 atom stereocenters. The second-order valence-electron chi connectivity index (χ2n) is 13.8. The molecule has 11 nitrogen and oxygen atoms in total. The van der Waals surface area contributed by atoms with E-state index < -0.39 is 82.1 Å². The number of ketones is 1. The van der Waals surface area contributed by atoms with E-state index in [2.05, 4.69) is 0 Å². The number of fused-ring (bicyclic) bond motifs is 5. The predicted molar refractivity (Wildman–Crippen MR) is 155 cm³/mol. The number of carbonyl (C=O) groups is 3. The maximum Gasteiger partial charge on any atom is 0.337 e. The summed E-state index contributed by atoms with van der Waals surface area (Å²) in [5, 5.41) is 24.8. The van der Waals surface area contributed by atoms with Gasteiger partial charge >= 0.3 is 11.9 Å². The van der Waals surface area contributed by atoms with Crippen LogP contribution in [0, 0.1) is 22.7 Å². The molecule has 0 radical (unpaired) electrons. The standard InChI is InChI=1S/C30H49NO10Si/c1-14-18(39-26(35)23(37-10)16(3)31(8)9)12-30(36)15(2)24-28(7,25(34)22(33)21(14)27(30,5)6)19(41-42)11-20-29(24,13-38-20)40-17(4)32/h15-16,18-20,22-24,33,36H,11-13H2,1-10,42H3/t15-,16?,18?,19?,20?,22?,23?,24?,28+,29?,30?/m0/s1. The van der Waals surface area contributed by atoms with Gasteiger partial charge in [0.05, 0.1) is 23.7 Å². The number of likely N-dealkylation sites (N-methyl/N-ethyl adjacent to an activating group) is 1. The molecule has 42 heavy (non-hydrogen) atoms. The number of nitrogens with zero attached hydrogens (tertiary/aromatic N) is 1. The fourth-order valence-electron chi connectivity index (χ4n) is 8.79. The highest BCUT2D eigenvalue weighted by Gasteiger charge is 2.76. The summed E-state index contributed by atoms with van der Waals surface area (Å²) in [5.41, 5.74) is -4.35. The Morgan fingerprint density at radius 3 is 2.31 bits per heavy atom. The molecular formula is C30H49NO10Si. The molecule has 0 aromatic rings. The van der Waals surface area contributed by atoms with Gasteiger partial charge in [-0.05, 0) is 51.9 Å². The summed E-state index contributed by atoms with van der Waals surface area (Å²) in [6.45, 7) is 12.2. The SMILES string of the molecule is COC(C(=O)OC1CC2(O)[C@@H](C)C3C4(OC(C)=O)COC4CC(O[SiH3])[C@@]3(C)C(=O)C(O)C(=C1C)C2(C)C)C(C)N(C)C. The zero-order valence-electron chi connectivity index (χ0n) is 26.8. The fourth-order valence-corrected chi connectivity index (χ4v) is 9.48. The maximum absolute atomic E-state index is 14.6. The van der Waals surface area contributed by atoms with E-state index in [9.17, 15) is 24.6 Å².